The summed E-state index contributed by atoms with van der Waals surface area (Å²) < 4.78 is 5.58. The average Bonchev–Trinajstić information content (AvgIpc) is 3.24. The van der Waals surface area contributed by atoms with Crippen molar-refractivity contribution in [1.29, 1.82) is 0 Å². The lowest BCUT2D eigenvalue weighted by molar-refractivity contribution is -0.120. The lowest BCUT2D eigenvalue weighted by Crippen LogP contribution is -2.30. The monoisotopic (exact) mass is 350 g/mol. The molecule has 25 heavy (non-hydrogen) atoms. The predicted molar refractivity (Wildman–Crippen MR) is 103 cm³/mol. The van der Waals surface area contributed by atoms with Crippen molar-refractivity contribution in [2.24, 2.45) is 0 Å². The number of hydrogen-bond donors (Lipinski definition) is 3. The van der Waals surface area contributed by atoms with Crippen LogP contribution in [0.4, 0.5) is 5.82 Å². The van der Waals surface area contributed by atoms with Crippen LogP contribution in [0.5, 0.6) is 0 Å². The molecule has 5 nitrogen and oxygen atoms in total. The average molecular weight is 350 g/mol. The fourth-order valence-electron chi connectivity index (χ4n) is 2.91. The summed E-state index contributed by atoms with van der Waals surface area (Å²) in [5.41, 5.74) is 2.08. The zero-order valence-corrected chi connectivity index (χ0v) is 14.4. The molecule has 0 aliphatic rings. The van der Waals surface area contributed by atoms with Crippen LogP contribution in [0.1, 0.15) is 5.56 Å². The molecule has 0 saturated heterocycles. The molecule has 4 aromatic rings. The zero-order valence-electron chi connectivity index (χ0n) is 13.6. The number of aromatic amines is 1. The quantitative estimate of drug-likeness (QED) is 0.466. The molecule has 6 heteroatoms. The van der Waals surface area contributed by atoms with Crippen LogP contribution in [0, 0.1) is 0 Å². The maximum Gasteiger partial charge on any atom is 0.224 e. The number of aromatic nitrogens is 2. The summed E-state index contributed by atoms with van der Waals surface area (Å²) >= 11 is 1.48. The van der Waals surface area contributed by atoms with Gasteiger partial charge in [0, 0.05) is 35.6 Å². The summed E-state index contributed by atoms with van der Waals surface area (Å²) in [6, 6.07) is 16.1. The number of rotatable bonds is 6. The number of carbonyl (C=O) groups excluding carboxylic acids is 1. The highest BCUT2D eigenvalue weighted by molar-refractivity contribution is 7.13. The number of carbonyl (C=O) groups is 1. The van der Waals surface area contributed by atoms with Crippen molar-refractivity contribution in [3.05, 3.63) is 60.3 Å². The first-order valence-corrected chi connectivity index (χ1v) is 8.98. The maximum atomic E-state index is 12.2. The molecule has 2 aromatic carbocycles. The van der Waals surface area contributed by atoms with Crippen LogP contribution in [0.2, 0.25) is 0 Å². The van der Waals surface area contributed by atoms with Crippen molar-refractivity contribution in [3.63, 3.8) is 0 Å². The Labute approximate surface area is 149 Å². The first-order valence-electron chi connectivity index (χ1n) is 8.21. The Morgan fingerprint density at radius 1 is 1.04 bits per heavy atom. The van der Waals surface area contributed by atoms with Gasteiger partial charge in [0.05, 0.1) is 11.1 Å². The minimum Gasteiger partial charge on any atom is -0.367 e. The minimum absolute atomic E-state index is 0.0229. The summed E-state index contributed by atoms with van der Waals surface area (Å²) in [5.74, 6) is 0.904. The number of benzene rings is 2. The highest BCUT2D eigenvalue weighted by Gasteiger charge is 2.08. The third-order valence-electron chi connectivity index (χ3n) is 4.14. The molecule has 0 spiro atoms. The lowest BCUT2D eigenvalue weighted by Gasteiger charge is -2.06. The Morgan fingerprint density at radius 2 is 1.84 bits per heavy atom. The van der Waals surface area contributed by atoms with Crippen LogP contribution in [0.25, 0.3) is 21.0 Å². The number of para-hydroxylation sites is 1. The van der Waals surface area contributed by atoms with Gasteiger partial charge in [-0.05, 0) is 35.3 Å². The van der Waals surface area contributed by atoms with Gasteiger partial charge in [0.15, 0.2) is 0 Å². The number of hydrogen-bond acceptors (Lipinski definition) is 4. The fraction of sp³-hybridized carbons (Fsp3) is 0.158. The van der Waals surface area contributed by atoms with Crippen molar-refractivity contribution in [2.45, 2.75) is 6.42 Å². The van der Waals surface area contributed by atoms with Crippen LogP contribution in [-0.4, -0.2) is 28.4 Å². The van der Waals surface area contributed by atoms with Crippen LogP contribution in [0.3, 0.4) is 0 Å². The van der Waals surface area contributed by atoms with Crippen LogP contribution in [-0.2, 0) is 11.2 Å². The van der Waals surface area contributed by atoms with Crippen LogP contribution in [0.15, 0.2) is 54.7 Å². The molecule has 0 atom stereocenters. The van der Waals surface area contributed by atoms with Gasteiger partial charge < -0.3 is 15.6 Å². The molecule has 0 bridgehead atoms. The molecule has 4 rings (SSSR count). The zero-order chi connectivity index (χ0) is 17.1. The molecule has 0 saturated carbocycles. The molecular formula is C19H18N4OS. The molecule has 0 fully saturated rings. The van der Waals surface area contributed by atoms with Crippen LogP contribution >= 0.6 is 11.5 Å². The van der Waals surface area contributed by atoms with Gasteiger partial charge in [0.1, 0.15) is 5.82 Å². The summed E-state index contributed by atoms with van der Waals surface area (Å²) in [4.78, 5) is 15.4. The van der Waals surface area contributed by atoms with Crippen molar-refractivity contribution in [1.82, 2.24) is 14.7 Å². The number of anilines is 1. The summed E-state index contributed by atoms with van der Waals surface area (Å²) in [7, 11) is 0. The van der Waals surface area contributed by atoms with E-state index in [0.29, 0.717) is 19.5 Å². The number of amides is 1. The lowest BCUT2D eigenvalue weighted by atomic mass is 10.1. The van der Waals surface area contributed by atoms with E-state index in [1.807, 2.05) is 42.6 Å². The first-order chi connectivity index (χ1) is 12.3. The molecule has 2 heterocycles. The Kier molecular flexibility index (Phi) is 4.35. The number of nitrogens with one attached hydrogen (secondary N) is 3. The first kappa shape index (κ1) is 15.7. The van der Waals surface area contributed by atoms with E-state index in [4.69, 9.17) is 0 Å². The molecule has 1 amide bonds. The van der Waals surface area contributed by atoms with Gasteiger partial charge in [-0.3, -0.25) is 4.79 Å². The van der Waals surface area contributed by atoms with E-state index in [9.17, 15) is 4.79 Å². The van der Waals surface area contributed by atoms with E-state index in [2.05, 4.69) is 32.1 Å². The number of nitrogens with zero attached hydrogens (tertiary/aromatic N) is 1. The number of H-pyrrole nitrogens is 1. The van der Waals surface area contributed by atoms with Crippen LogP contribution < -0.4 is 10.6 Å². The molecule has 0 unspecified atom stereocenters. The highest BCUT2D eigenvalue weighted by atomic mass is 32.1. The van der Waals surface area contributed by atoms with E-state index >= 15 is 0 Å². The van der Waals surface area contributed by atoms with Gasteiger partial charge in [0.2, 0.25) is 5.91 Å². The fourth-order valence-corrected chi connectivity index (χ4v) is 3.66. The second kappa shape index (κ2) is 6.94. The van der Waals surface area contributed by atoms with E-state index in [1.165, 1.54) is 11.5 Å². The number of fused-ring (bicyclic) bond motifs is 2. The summed E-state index contributed by atoms with van der Waals surface area (Å²) in [6.07, 6.45) is 2.29. The molecule has 3 N–H and O–H groups in total. The molecule has 0 radical (unpaired) electrons. The molecule has 126 valence electrons. The third-order valence-corrected chi connectivity index (χ3v) is 4.97. The van der Waals surface area contributed by atoms with E-state index in [0.717, 1.165) is 32.4 Å². The smallest absolute Gasteiger partial charge is 0.224 e. The van der Waals surface area contributed by atoms with Gasteiger partial charge in [-0.15, -0.1) is 0 Å². The SMILES string of the molecule is O=C(Cc1c[nH]c2ccccc12)NCCNc1nsc2ccccc12. The van der Waals surface area contributed by atoms with Gasteiger partial charge in [0.25, 0.3) is 0 Å². The van der Waals surface area contributed by atoms with Gasteiger partial charge in [-0.25, -0.2) is 0 Å². The Bertz CT molecular complexity index is 1020. The van der Waals surface area contributed by atoms with Crippen molar-refractivity contribution < 1.29 is 4.79 Å². The minimum atomic E-state index is 0.0229. The van der Waals surface area contributed by atoms with E-state index in [-0.39, 0.29) is 5.91 Å². The highest BCUT2D eigenvalue weighted by Crippen LogP contribution is 2.25. The standard InChI is InChI=1S/C19H18N4OS/c24-18(11-13-12-22-16-7-3-1-5-14(13)16)20-9-10-21-19-15-6-2-4-8-17(15)25-23-19/h1-8,12,22H,9-11H2,(H,20,24)(H,21,23). The molecular weight excluding hydrogens is 332 g/mol. The second-order valence-corrected chi connectivity index (χ2v) is 6.65. The Hall–Kier alpha value is -2.86. The second-order valence-electron chi connectivity index (χ2n) is 5.84. The van der Waals surface area contributed by atoms with Gasteiger partial charge in [-0.1, -0.05) is 30.3 Å². The van der Waals surface area contributed by atoms with Crippen molar-refractivity contribution in [3.8, 4) is 0 Å². The summed E-state index contributed by atoms with van der Waals surface area (Å²) in [6.45, 7) is 1.21. The van der Waals surface area contributed by atoms with Gasteiger partial charge in [-0.2, -0.15) is 4.37 Å². The Morgan fingerprint density at radius 3 is 2.76 bits per heavy atom. The van der Waals surface area contributed by atoms with Gasteiger partial charge >= 0.3 is 0 Å². The van der Waals surface area contributed by atoms with E-state index < -0.39 is 0 Å². The third kappa shape index (κ3) is 3.34. The predicted octanol–water partition coefficient (Wildman–Crippen LogP) is 3.55. The topological polar surface area (TPSA) is 69.8 Å². The normalized spacial score (nSPS) is 11.0. The Balaban J connectivity index is 1.29. The molecule has 0 aliphatic carbocycles. The molecule has 2 aromatic heterocycles. The van der Waals surface area contributed by atoms with Crippen molar-refractivity contribution in [2.75, 3.05) is 18.4 Å². The molecule has 0 aliphatic heterocycles. The maximum absolute atomic E-state index is 12.2. The van der Waals surface area contributed by atoms with E-state index in [1.54, 1.807) is 0 Å². The largest absolute Gasteiger partial charge is 0.367 e. The van der Waals surface area contributed by atoms with Crippen molar-refractivity contribution >= 4 is 44.2 Å². The summed E-state index contributed by atoms with van der Waals surface area (Å²) in [5, 5.41) is 8.47.